The average molecular weight is 380 g/mol. The normalized spacial score (nSPS) is 12.3. The fourth-order valence-electron chi connectivity index (χ4n) is 1.69. The molecule has 0 saturated heterocycles. The monoisotopic (exact) mass is 379 g/mol. The van der Waals surface area contributed by atoms with Crippen molar-refractivity contribution in [2.45, 2.75) is 27.2 Å². The number of rotatable bonds is 5. The highest BCUT2D eigenvalue weighted by Gasteiger charge is 2.18. The van der Waals surface area contributed by atoms with Crippen molar-refractivity contribution in [2.75, 3.05) is 13.1 Å². The predicted octanol–water partition coefficient (Wildman–Crippen LogP) is 4.45. The molecule has 0 bridgehead atoms. The summed E-state index contributed by atoms with van der Waals surface area (Å²) >= 11 is 8.15. The summed E-state index contributed by atoms with van der Waals surface area (Å²) in [4.78, 5) is 14.4. The lowest BCUT2D eigenvalue weighted by Crippen LogP contribution is -2.34. The molecule has 1 unspecified atom stereocenters. The highest BCUT2D eigenvalue weighted by atomic mass is 127. The van der Waals surface area contributed by atoms with Crippen LogP contribution >= 0.6 is 34.2 Å². The van der Waals surface area contributed by atoms with Crippen LogP contribution < -0.4 is 0 Å². The van der Waals surface area contributed by atoms with Gasteiger partial charge in [0.25, 0.3) is 5.91 Å². The van der Waals surface area contributed by atoms with Crippen LogP contribution in [0.5, 0.6) is 0 Å². The minimum Gasteiger partial charge on any atom is -0.339 e. The van der Waals surface area contributed by atoms with Gasteiger partial charge in [-0.25, -0.2) is 0 Å². The molecule has 0 spiro atoms. The van der Waals surface area contributed by atoms with Crippen LogP contribution in [0.4, 0.5) is 0 Å². The van der Waals surface area contributed by atoms with E-state index in [0.29, 0.717) is 16.5 Å². The molecule has 1 amide bonds. The van der Waals surface area contributed by atoms with Crippen molar-refractivity contribution in [1.82, 2.24) is 4.90 Å². The van der Waals surface area contributed by atoms with Gasteiger partial charge in [0.15, 0.2) is 0 Å². The second-order valence-corrected chi connectivity index (χ2v) is 6.08. The minimum atomic E-state index is 0.0738. The topological polar surface area (TPSA) is 20.3 Å². The van der Waals surface area contributed by atoms with Crippen molar-refractivity contribution < 1.29 is 4.79 Å². The number of hydrogen-bond acceptors (Lipinski definition) is 1. The first-order chi connectivity index (χ1) is 8.49. The molecule has 0 fully saturated rings. The van der Waals surface area contributed by atoms with Crippen LogP contribution in [0.15, 0.2) is 18.2 Å². The molecule has 0 aliphatic heterocycles. The molecule has 1 atom stereocenters. The number of nitrogens with zero attached hydrogens (tertiary/aromatic N) is 1. The molecule has 1 rings (SSSR count). The molecule has 1 aromatic rings. The molecule has 0 aromatic heterocycles. The third kappa shape index (κ3) is 4.12. The fourth-order valence-corrected chi connectivity index (χ4v) is 2.43. The SMILES string of the molecule is CCC(C)CN(CC)C(=O)c1cc(Cl)ccc1I. The molecule has 18 heavy (non-hydrogen) atoms. The molecule has 0 saturated carbocycles. The van der Waals surface area contributed by atoms with E-state index in [1.807, 2.05) is 24.0 Å². The first kappa shape index (κ1) is 15.8. The standard InChI is InChI=1S/C14H19ClINO/c1-4-10(3)9-17(5-2)14(18)12-8-11(15)6-7-13(12)16/h6-8,10H,4-5,9H2,1-3H3. The lowest BCUT2D eigenvalue weighted by Gasteiger charge is -2.24. The van der Waals surface area contributed by atoms with Gasteiger partial charge in [-0.3, -0.25) is 4.79 Å². The van der Waals surface area contributed by atoms with E-state index >= 15 is 0 Å². The Morgan fingerprint density at radius 3 is 2.67 bits per heavy atom. The van der Waals surface area contributed by atoms with Gasteiger partial charge in [-0.05, 0) is 53.6 Å². The highest BCUT2D eigenvalue weighted by molar-refractivity contribution is 14.1. The van der Waals surface area contributed by atoms with Crippen LogP contribution in [0.3, 0.4) is 0 Å². The Bertz CT molecular complexity index is 422. The van der Waals surface area contributed by atoms with Crippen LogP contribution in [0.1, 0.15) is 37.6 Å². The molecule has 0 aliphatic carbocycles. The van der Waals surface area contributed by atoms with Crippen LogP contribution in [-0.4, -0.2) is 23.9 Å². The number of carbonyl (C=O) groups is 1. The molecule has 2 nitrogen and oxygen atoms in total. The van der Waals surface area contributed by atoms with E-state index in [9.17, 15) is 4.79 Å². The Kier molecular flexibility index (Phi) is 6.43. The number of amides is 1. The van der Waals surface area contributed by atoms with Crippen molar-refractivity contribution in [1.29, 1.82) is 0 Å². The van der Waals surface area contributed by atoms with E-state index in [4.69, 9.17) is 11.6 Å². The van der Waals surface area contributed by atoms with Crippen molar-refractivity contribution in [3.05, 3.63) is 32.4 Å². The third-order valence-electron chi connectivity index (χ3n) is 3.06. The molecule has 4 heteroatoms. The number of halogens is 2. The van der Waals surface area contributed by atoms with E-state index in [1.54, 1.807) is 6.07 Å². The Hall–Kier alpha value is -0.290. The molecular weight excluding hydrogens is 361 g/mol. The van der Waals surface area contributed by atoms with Gasteiger partial charge in [-0.15, -0.1) is 0 Å². The highest BCUT2D eigenvalue weighted by Crippen LogP contribution is 2.20. The molecule has 0 N–H and O–H groups in total. The summed E-state index contributed by atoms with van der Waals surface area (Å²) in [5, 5.41) is 0.610. The lowest BCUT2D eigenvalue weighted by atomic mass is 10.1. The molecule has 1 aromatic carbocycles. The van der Waals surface area contributed by atoms with Gasteiger partial charge in [-0.1, -0.05) is 31.9 Å². The number of carbonyl (C=O) groups excluding carboxylic acids is 1. The largest absolute Gasteiger partial charge is 0.339 e. The number of hydrogen-bond donors (Lipinski definition) is 0. The maximum atomic E-state index is 12.5. The van der Waals surface area contributed by atoms with E-state index < -0.39 is 0 Å². The second kappa shape index (κ2) is 7.34. The van der Waals surface area contributed by atoms with Gasteiger partial charge in [0.05, 0.1) is 5.56 Å². The Morgan fingerprint density at radius 1 is 1.44 bits per heavy atom. The van der Waals surface area contributed by atoms with Crippen molar-refractivity contribution in [2.24, 2.45) is 5.92 Å². The maximum Gasteiger partial charge on any atom is 0.254 e. The quantitative estimate of drug-likeness (QED) is 0.692. The zero-order chi connectivity index (χ0) is 13.7. The lowest BCUT2D eigenvalue weighted by molar-refractivity contribution is 0.0740. The Morgan fingerprint density at radius 2 is 2.11 bits per heavy atom. The summed E-state index contributed by atoms with van der Waals surface area (Å²) in [5.41, 5.74) is 0.702. The Balaban J connectivity index is 2.92. The first-order valence-electron chi connectivity index (χ1n) is 6.23. The zero-order valence-electron chi connectivity index (χ0n) is 11.0. The zero-order valence-corrected chi connectivity index (χ0v) is 14.0. The third-order valence-corrected chi connectivity index (χ3v) is 4.23. The van der Waals surface area contributed by atoms with Gasteiger partial charge in [0.2, 0.25) is 0 Å². The second-order valence-electron chi connectivity index (χ2n) is 4.48. The van der Waals surface area contributed by atoms with Crippen molar-refractivity contribution in [3.8, 4) is 0 Å². The molecule has 0 heterocycles. The molecule has 100 valence electrons. The molecule has 0 aliphatic rings. The van der Waals surface area contributed by atoms with Gasteiger partial charge in [0, 0.05) is 21.7 Å². The first-order valence-corrected chi connectivity index (χ1v) is 7.69. The minimum absolute atomic E-state index is 0.0738. The van der Waals surface area contributed by atoms with Crippen molar-refractivity contribution in [3.63, 3.8) is 0 Å². The van der Waals surface area contributed by atoms with Crippen LogP contribution in [0.2, 0.25) is 5.02 Å². The van der Waals surface area contributed by atoms with Crippen LogP contribution in [-0.2, 0) is 0 Å². The van der Waals surface area contributed by atoms with Gasteiger partial charge in [0.1, 0.15) is 0 Å². The Labute approximate surface area is 128 Å². The van der Waals surface area contributed by atoms with Crippen LogP contribution in [0, 0.1) is 9.49 Å². The van der Waals surface area contributed by atoms with E-state index in [-0.39, 0.29) is 5.91 Å². The van der Waals surface area contributed by atoms with Gasteiger partial charge < -0.3 is 4.90 Å². The fraction of sp³-hybridized carbons (Fsp3) is 0.500. The van der Waals surface area contributed by atoms with Crippen molar-refractivity contribution >= 4 is 40.1 Å². The summed E-state index contributed by atoms with van der Waals surface area (Å²) in [6, 6.07) is 5.45. The predicted molar refractivity (Wildman–Crippen MR) is 85.2 cm³/mol. The van der Waals surface area contributed by atoms with Crippen LogP contribution in [0.25, 0.3) is 0 Å². The van der Waals surface area contributed by atoms with Gasteiger partial charge in [-0.2, -0.15) is 0 Å². The smallest absolute Gasteiger partial charge is 0.254 e. The van der Waals surface area contributed by atoms with E-state index in [0.717, 1.165) is 23.1 Å². The number of benzene rings is 1. The maximum absolute atomic E-state index is 12.5. The summed E-state index contributed by atoms with van der Waals surface area (Å²) in [7, 11) is 0. The van der Waals surface area contributed by atoms with E-state index in [2.05, 4.69) is 36.4 Å². The summed E-state index contributed by atoms with van der Waals surface area (Å²) < 4.78 is 0.949. The van der Waals surface area contributed by atoms with E-state index in [1.165, 1.54) is 0 Å². The van der Waals surface area contributed by atoms with Gasteiger partial charge >= 0.3 is 0 Å². The molecule has 0 radical (unpaired) electrons. The molecular formula is C14H19ClINO. The summed E-state index contributed by atoms with van der Waals surface area (Å²) in [6.45, 7) is 7.85. The summed E-state index contributed by atoms with van der Waals surface area (Å²) in [5.74, 6) is 0.593. The summed E-state index contributed by atoms with van der Waals surface area (Å²) in [6.07, 6.45) is 1.08. The average Bonchev–Trinajstić information content (AvgIpc) is 2.37.